The molecule has 0 aliphatic carbocycles. The van der Waals surface area contributed by atoms with Crippen LogP contribution >= 0.6 is 23.1 Å². The van der Waals surface area contributed by atoms with Crippen molar-refractivity contribution in [2.75, 3.05) is 12.0 Å². The molecule has 0 radical (unpaired) electrons. The lowest BCUT2D eigenvalue weighted by atomic mass is 10.3. The summed E-state index contributed by atoms with van der Waals surface area (Å²) in [7, 11) is 0. The van der Waals surface area contributed by atoms with Gasteiger partial charge >= 0.3 is 0 Å². The zero-order valence-corrected chi connectivity index (χ0v) is 9.37. The van der Waals surface area contributed by atoms with Gasteiger partial charge in [-0.15, -0.1) is 11.3 Å². The summed E-state index contributed by atoms with van der Waals surface area (Å²) < 4.78 is 0. The Labute approximate surface area is 86.7 Å². The molecule has 0 spiro atoms. The molecule has 0 aliphatic rings. The maximum atomic E-state index is 10.9. The number of carbonyl (C=O) groups is 1. The predicted octanol–water partition coefficient (Wildman–Crippen LogP) is 2.29. The molecule has 1 rings (SSSR count). The second-order valence-electron chi connectivity index (χ2n) is 2.72. The topological polar surface area (TPSA) is 29.1 Å². The van der Waals surface area contributed by atoms with Gasteiger partial charge < -0.3 is 5.32 Å². The lowest BCUT2D eigenvalue weighted by molar-refractivity contribution is -0.119. The highest BCUT2D eigenvalue weighted by Crippen LogP contribution is 2.21. The van der Waals surface area contributed by atoms with Gasteiger partial charge in [0.1, 0.15) is 0 Å². The maximum absolute atomic E-state index is 10.9. The molecule has 1 aromatic heterocycles. The third-order valence-electron chi connectivity index (χ3n) is 1.60. The lowest BCUT2D eigenvalue weighted by Gasteiger charge is -2.14. The molecule has 1 amide bonds. The van der Waals surface area contributed by atoms with E-state index in [1.165, 1.54) is 4.88 Å². The number of amides is 1. The molecule has 0 bridgehead atoms. The Morgan fingerprint density at radius 3 is 3.00 bits per heavy atom. The maximum Gasteiger partial charge on any atom is 0.217 e. The number of thioether (sulfide) groups is 1. The van der Waals surface area contributed by atoms with Crippen molar-refractivity contribution in [1.29, 1.82) is 0 Å². The summed E-state index contributed by atoms with van der Waals surface area (Å²) in [6.07, 6.45) is 2.04. The monoisotopic (exact) mass is 215 g/mol. The Morgan fingerprint density at radius 2 is 2.54 bits per heavy atom. The Bertz CT molecular complexity index is 259. The SMILES string of the molecule is CSC[C@H](NC(C)=O)c1cccs1. The summed E-state index contributed by atoms with van der Waals surface area (Å²) in [5.74, 6) is 0.965. The summed E-state index contributed by atoms with van der Waals surface area (Å²) in [6.45, 7) is 1.56. The van der Waals surface area contributed by atoms with Gasteiger partial charge in [-0.25, -0.2) is 0 Å². The summed E-state index contributed by atoms with van der Waals surface area (Å²) in [5, 5.41) is 4.97. The largest absolute Gasteiger partial charge is 0.348 e. The highest BCUT2D eigenvalue weighted by Gasteiger charge is 2.12. The van der Waals surface area contributed by atoms with Crippen molar-refractivity contribution in [2.45, 2.75) is 13.0 Å². The van der Waals surface area contributed by atoms with Gasteiger partial charge in [-0.2, -0.15) is 11.8 Å². The minimum Gasteiger partial charge on any atom is -0.348 e. The predicted molar refractivity (Wildman–Crippen MR) is 59.3 cm³/mol. The smallest absolute Gasteiger partial charge is 0.217 e. The molecule has 0 unspecified atom stereocenters. The van der Waals surface area contributed by atoms with Crippen LogP contribution in [0.5, 0.6) is 0 Å². The van der Waals surface area contributed by atoms with Gasteiger partial charge in [0.25, 0.3) is 0 Å². The second kappa shape index (κ2) is 5.29. The first-order valence-corrected chi connectivity index (χ1v) is 6.31. The van der Waals surface area contributed by atoms with Gasteiger partial charge in [0.2, 0.25) is 5.91 Å². The minimum atomic E-state index is 0.0347. The van der Waals surface area contributed by atoms with Crippen LogP contribution in [0.15, 0.2) is 17.5 Å². The highest BCUT2D eigenvalue weighted by atomic mass is 32.2. The molecule has 4 heteroatoms. The quantitative estimate of drug-likeness (QED) is 0.835. The fraction of sp³-hybridized carbons (Fsp3) is 0.444. The van der Waals surface area contributed by atoms with E-state index < -0.39 is 0 Å². The summed E-state index contributed by atoms with van der Waals surface area (Å²) >= 11 is 3.43. The van der Waals surface area contributed by atoms with Crippen molar-refractivity contribution in [3.05, 3.63) is 22.4 Å². The van der Waals surface area contributed by atoms with E-state index in [0.29, 0.717) is 0 Å². The van der Waals surface area contributed by atoms with Crippen molar-refractivity contribution in [3.8, 4) is 0 Å². The molecule has 1 atom stereocenters. The summed E-state index contributed by atoms with van der Waals surface area (Å²) in [6, 6.07) is 4.24. The van der Waals surface area contributed by atoms with Gasteiger partial charge in [-0.3, -0.25) is 4.79 Å². The zero-order chi connectivity index (χ0) is 9.68. The Morgan fingerprint density at radius 1 is 1.77 bits per heavy atom. The molecule has 2 nitrogen and oxygen atoms in total. The first kappa shape index (κ1) is 10.6. The van der Waals surface area contributed by atoms with Crippen LogP contribution < -0.4 is 5.32 Å². The number of carbonyl (C=O) groups excluding carboxylic acids is 1. The number of rotatable bonds is 4. The van der Waals surface area contributed by atoms with Crippen molar-refractivity contribution in [3.63, 3.8) is 0 Å². The van der Waals surface area contributed by atoms with Crippen LogP contribution in [0.3, 0.4) is 0 Å². The van der Waals surface area contributed by atoms with Gasteiger partial charge in [0.15, 0.2) is 0 Å². The molecule has 0 fully saturated rings. The van der Waals surface area contributed by atoms with Crippen LogP contribution in [0.4, 0.5) is 0 Å². The van der Waals surface area contributed by atoms with Crippen molar-refractivity contribution in [1.82, 2.24) is 5.32 Å². The molecule has 0 aromatic carbocycles. The Balaban J connectivity index is 2.62. The molecule has 1 heterocycles. The van der Waals surface area contributed by atoms with Crippen molar-refractivity contribution < 1.29 is 4.79 Å². The van der Waals surface area contributed by atoms with E-state index in [0.717, 1.165) is 5.75 Å². The third-order valence-corrected chi connectivity index (χ3v) is 3.25. The van der Waals surface area contributed by atoms with Crippen LogP contribution in [0.2, 0.25) is 0 Å². The molecule has 0 saturated heterocycles. The van der Waals surface area contributed by atoms with Gasteiger partial charge in [0.05, 0.1) is 6.04 Å². The fourth-order valence-corrected chi connectivity index (χ4v) is 2.58. The van der Waals surface area contributed by atoms with E-state index in [1.54, 1.807) is 30.0 Å². The van der Waals surface area contributed by atoms with Gasteiger partial charge in [-0.05, 0) is 17.7 Å². The molecular weight excluding hydrogens is 202 g/mol. The standard InChI is InChI=1S/C9H13NOS2/c1-7(11)10-8(6-12-2)9-4-3-5-13-9/h3-5,8H,6H2,1-2H3,(H,10,11)/t8-/m0/s1. The van der Waals surface area contributed by atoms with E-state index in [4.69, 9.17) is 0 Å². The number of nitrogens with one attached hydrogen (secondary N) is 1. The van der Waals surface area contributed by atoms with Crippen LogP contribution in [-0.4, -0.2) is 17.9 Å². The van der Waals surface area contributed by atoms with Crippen molar-refractivity contribution >= 4 is 29.0 Å². The van der Waals surface area contributed by atoms with Crippen LogP contribution in [0, 0.1) is 0 Å². The van der Waals surface area contributed by atoms with E-state index >= 15 is 0 Å². The Kier molecular flexibility index (Phi) is 4.32. The normalized spacial score (nSPS) is 12.5. The average Bonchev–Trinajstić information content (AvgIpc) is 2.54. The number of hydrogen-bond acceptors (Lipinski definition) is 3. The van der Waals surface area contributed by atoms with Crippen LogP contribution in [-0.2, 0) is 4.79 Å². The number of thiophene rings is 1. The third kappa shape index (κ3) is 3.40. The summed E-state index contributed by atoms with van der Waals surface area (Å²) in [4.78, 5) is 12.1. The number of hydrogen-bond donors (Lipinski definition) is 1. The molecule has 0 aliphatic heterocycles. The highest BCUT2D eigenvalue weighted by molar-refractivity contribution is 7.98. The van der Waals surface area contributed by atoms with E-state index in [2.05, 4.69) is 11.4 Å². The molecule has 1 aromatic rings. The molecule has 72 valence electrons. The molecular formula is C9H13NOS2. The first-order valence-electron chi connectivity index (χ1n) is 4.03. The van der Waals surface area contributed by atoms with Gasteiger partial charge in [-0.1, -0.05) is 6.07 Å². The first-order chi connectivity index (χ1) is 6.24. The molecule has 1 N–H and O–H groups in total. The van der Waals surface area contributed by atoms with Crippen LogP contribution in [0.25, 0.3) is 0 Å². The van der Waals surface area contributed by atoms with E-state index in [9.17, 15) is 4.79 Å². The van der Waals surface area contributed by atoms with E-state index in [1.807, 2.05) is 17.7 Å². The summed E-state index contributed by atoms with van der Waals surface area (Å²) in [5.41, 5.74) is 0. The average molecular weight is 215 g/mol. The minimum absolute atomic E-state index is 0.0347. The van der Waals surface area contributed by atoms with Crippen LogP contribution in [0.1, 0.15) is 17.8 Å². The zero-order valence-electron chi connectivity index (χ0n) is 7.74. The lowest BCUT2D eigenvalue weighted by Crippen LogP contribution is -2.26. The molecule has 0 saturated carbocycles. The van der Waals surface area contributed by atoms with Crippen molar-refractivity contribution in [2.24, 2.45) is 0 Å². The Hall–Kier alpha value is -0.480. The second-order valence-corrected chi connectivity index (χ2v) is 4.61. The molecule has 13 heavy (non-hydrogen) atoms. The van der Waals surface area contributed by atoms with Gasteiger partial charge in [0, 0.05) is 17.6 Å². The fourth-order valence-electron chi connectivity index (χ4n) is 1.10. The van der Waals surface area contributed by atoms with E-state index in [-0.39, 0.29) is 11.9 Å².